The van der Waals surface area contributed by atoms with Gasteiger partial charge in [-0.1, -0.05) is 30.2 Å². The minimum atomic E-state index is -1.81. The minimum Gasteiger partial charge on any atom is -0.493 e. The number of ether oxygens (including phenoxy) is 13. The molecule has 9 N–H and O–H groups in total. The van der Waals surface area contributed by atoms with Crippen LogP contribution in [-0.4, -0.2) is 267 Å². The highest BCUT2D eigenvalue weighted by Gasteiger charge is 2.54. The predicted octanol–water partition coefficient (Wildman–Crippen LogP) is 3.41. The molecule has 0 saturated carbocycles. The number of anilines is 2. The van der Waals surface area contributed by atoms with Crippen molar-refractivity contribution in [1.29, 1.82) is 0 Å². The maximum atomic E-state index is 14.3. The van der Waals surface area contributed by atoms with Gasteiger partial charge in [-0.15, -0.1) is 0 Å². The van der Waals surface area contributed by atoms with Gasteiger partial charge in [-0.3, -0.25) is 48.5 Å². The zero-order chi connectivity index (χ0) is 76.8. The Morgan fingerprint density at radius 3 is 1.79 bits per heavy atom. The number of hydrogen-bond acceptors (Lipinski definition) is 26. The number of nitrogens with zero attached hydrogens (tertiary/aromatic N) is 6. The first-order chi connectivity index (χ1) is 51.6. The van der Waals surface area contributed by atoms with Crippen LogP contribution in [0.15, 0.2) is 77.1 Å². The molecule has 0 bridgehead atoms. The highest BCUT2D eigenvalue weighted by molar-refractivity contribution is 6.07. The van der Waals surface area contributed by atoms with E-state index < -0.39 is 60.4 Å². The summed E-state index contributed by atoms with van der Waals surface area (Å²) < 4.78 is 73.3. The molecular formula is C73H103N11O23. The molecule has 0 aliphatic carbocycles. The first kappa shape index (κ1) is 83.7. The van der Waals surface area contributed by atoms with Crippen molar-refractivity contribution in [3.05, 3.63) is 88.8 Å². The number of carbonyl (C=O) groups is 8. The third-order valence-corrected chi connectivity index (χ3v) is 17.8. The molecule has 107 heavy (non-hydrogen) atoms. The lowest BCUT2D eigenvalue weighted by atomic mass is 10.0. The van der Waals surface area contributed by atoms with Crippen molar-refractivity contribution in [2.24, 2.45) is 22.5 Å². The summed E-state index contributed by atoms with van der Waals surface area (Å²) in [5, 5.41) is 30.8. The molecule has 3 aromatic rings. The van der Waals surface area contributed by atoms with Crippen molar-refractivity contribution in [3.8, 4) is 23.0 Å². The van der Waals surface area contributed by atoms with Gasteiger partial charge in [0.15, 0.2) is 29.2 Å². The number of methoxy groups -OCH3 is 2. The van der Waals surface area contributed by atoms with Crippen molar-refractivity contribution in [2.75, 3.05) is 163 Å². The van der Waals surface area contributed by atoms with E-state index in [1.165, 1.54) is 49.3 Å². The fraction of sp³-hybridized carbons (Fsp3) is 0.575. The zero-order valence-electron chi connectivity index (χ0n) is 61.8. The molecule has 5 aliphatic heterocycles. The highest BCUT2D eigenvalue weighted by Crippen LogP contribution is 2.45. The number of benzene rings is 3. The molecule has 0 radical (unpaired) electrons. The summed E-state index contributed by atoms with van der Waals surface area (Å²) in [6.45, 7) is 12.5. The van der Waals surface area contributed by atoms with Crippen molar-refractivity contribution in [3.63, 3.8) is 0 Å². The fourth-order valence-electron chi connectivity index (χ4n) is 12.0. The molecule has 6 atom stereocenters. The van der Waals surface area contributed by atoms with E-state index in [0.717, 1.165) is 21.9 Å². The molecule has 34 heteroatoms. The number of nitrogens with two attached hydrogens (primary N) is 2. The number of hydrazine groups is 1. The molecule has 34 nitrogen and oxygen atoms in total. The Hall–Kier alpha value is -8.91. The summed E-state index contributed by atoms with van der Waals surface area (Å²) >= 11 is 0. The standard InChI is InChI=1S/C73H103N11O23/c1-48-36-54-43-77-57-40-61(59(95-5)38-55(57)69(91)81(54)44-48)105-18-8-7-9-19-106-62-41-58-56(39-60(62)96-6)70(92)82-45-49(2)42-73(82,74)71(93)84(58)72(94)107-47-52-10-12-53(13-11-52)79-67(89)51(4)78-64(86)46-83(75)65(87)15-20-97-22-24-99-26-28-101-30-32-103-34-35-104-33-31-102-29-27-100-25-23-98-21-16-76-63(85)14-17-80-66(88)37-50(3)68(80)90/h10-13,38-41,43-45,50-51,54,68,71,90,93H,7-9,14-37,42,46-47,74-75H2,1-6H3,(H,76,85)(H,78,86)(H,79,89)/t50?,51-,54?,68?,71-,73-/m0/s1. The second kappa shape index (κ2) is 42.6. The van der Waals surface area contributed by atoms with E-state index in [1.54, 1.807) is 61.4 Å². The number of amides is 8. The number of aliphatic hydroxyl groups excluding tert-OH is 2. The predicted molar refractivity (Wildman–Crippen MR) is 386 cm³/mol. The van der Waals surface area contributed by atoms with Gasteiger partial charge in [-0.25, -0.2) is 15.5 Å². The summed E-state index contributed by atoms with van der Waals surface area (Å²) in [4.78, 5) is 114. The molecule has 0 aromatic heterocycles. The summed E-state index contributed by atoms with van der Waals surface area (Å²) in [6, 6.07) is 11.3. The number of carbonyl (C=O) groups excluding carboxylic acids is 8. The number of nitrogens with one attached hydrogen (secondary N) is 3. The van der Waals surface area contributed by atoms with Gasteiger partial charge in [-0.05, 0) is 76.3 Å². The van der Waals surface area contributed by atoms with Crippen LogP contribution in [0.2, 0.25) is 0 Å². The first-order valence-electron chi connectivity index (χ1n) is 35.9. The monoisotopic (exact) mass is 1500 g/mol. The lowest BCUT2D eigenvalue weighted by molar-refractivity contribution is -0.137. The summed E-state index contributed by atoms with van der Waals surface area (Å²) in [5.41, 5.74) is 8.54. The van der Waals surface area contributed by atoms with Crippen LogP contribution in [0, 0.1) is 5.92 Å². The second-order valence-corrected chi connectivity index (χ2v) is 26.1. The molecule has 5 aliphatic rings. The van der Waals surface area contributed by atoms with Gasteiger partial charge in [0, 0.05) is 74.7 Å². The molecule has 3 aromatic carbocycles. The van der Waals surface area contributed by atoms with Crippen LogP contribution < -0.4 is 51.4 Å². The van der Waals surface area contributed by atoms with Crippen molar-refractivity contribution in [1.82, 2.24) is 30.3 Å². The molecule has 5 heterocycles. The number of unbranched alkanes of at least 4 members (excludes halogenated alkanes) is 2. The molecular weight excluding hydrogens is 1400 g/mol. The average molecular weight is 1500 g/mol. The zero-order valence-corrected chi connectivity index (χ0v) is 61.8. The van der Waals surface area contributed by atoms with E-state index in [-0.39, 0.29) is 118 Å². The summed E-state index contributed by atoms with van der Waals surface area (Å²) in [5.74, 6) is 4.04. The Bertz CT molecular complexity index is 3580. The van der Waals surface area contributed by atoms with Crippen molar-refractivity contribution < 1.29 is 110 Å². The van der Waals surface area contributed by atoms with Gasteiger partial charge in [-0.2, -0.15) is 0 Å². The van der Waals surface area contributed by atoms with E-state index in [9.17, 15) is 48.6 Å². The van der Waals surface area contributed by atoms with E-state index >= 15 is 0 Å². The van der Waals surface area contributed by atoms with E-state index in [4.69, 9.17) is 73.2 Å². The second-order valence-electron chi connectivity index (χ2n) is 26.1. The molecule has 8 amide bonds. The molecule has 1 fully saturated rings. The largest absolute Gasteiger partial charge is 0.493 e. The van der Waals surface area contributed by atoms with Gasteiger partial charge in [0.05, 0.1) is 168 Å². The normalized spacial score (nSPS) is 18.9. The molecule has 8 rings (SSSR count). The Labute approximate surface area is 622 Å². The summed E-state index contributed by atoms with van der Waals surface area (Å²) in [6.07, 6.45) is 4.40. The maximum absolute atomic E-state index is 14.3. The average Bonchev–Trinajstić information content (AvgIpc) is 1.58. The van der Waals surface area contributed by atoms with E-state index in [1.807, 2.05) is 13.1 Å². The number of rotatable bonds is 47. The van der Waals surface area contributed by atoms with Crippen LogP contribution in [0.5, 0.6) is 23.0 Å². The smallest absolute Gasteiger partial charge is 0.416 e. The van der Waals surface area contributed by atoms with Crippen molar-refractivity contribution >= 4 is 70.7 Å². The van der Waals surface area contributed by atoms with Gasteiger partial charge in [0.1, 0.15) is 31.1 Å². The number of likely N-dealkylation sites (tertiary alicyclic amines) is 1. The summed E-state index contributed by atoms with van der Waals surface area (Å²) in [7, 11) is 2.93. The highest BCUT2D eigenvalue weighted by atomic mass is 16.6. The van der Waals surface area contributed by atoms with E-state index in [2.05, 4.69) is 20.9 Å². The Kier molecular flexibility index (Phi) is 33.3. The number of aliphatic hydroxyl groups is 2. The molecule has 3 unspecified atom stereocenters. The Balaban J connectivity index is 0.638. The van der Waals surface area contributed by atoms with E-state index in [0.29, 0.717) is 158 Å². The Morgan fingerprint density at radius 2 is 1.22 bits per heavy atom. The SMILES string of the molecule is COc1cc2c(cc1OCCCCCOc1cc3c(cc1OC)C(=O)N1C=C(C)C[C@@]1(N)[C@H](O)N3C(=O)OCc1ccc(NC(=O)[C@H](C)NC(=O)CN(N)C(=O)CCOCCOCCOCCOCCOCCOCCOCCOCCNC(=O)CCN3C(=O)CC(C)C3O)cc1)N=CC1CC(C)=CN1C2=O. The van der Waals surface area contributed by atoms with Crippen LogP contribution >= 0.6 is 0 Å². The number of hydrogen-bond donors (Lipinski definition) is 7. The van der Waals surface area contributed by atoms with Crippen LogP contribution in [0.1, 0.15) is 105 Å². The topological polar surface area (TPSA) is 414 Å². The van der Waals surface area contributed by atoms with Gasteiger partial charge >= 0.3 is 6.09 Å². The number of aliphatic imine (C=N–C) groups is 1. The maximum Gasteiger partial charge on any atom is 0.416 e. The Morgan fingerprint density at radius 1 is 0.664 bits per heavy atom. The molecule has 0 spiro atoms. The number of fused-ring (bicyclic) bond motifs is 4. The van der Waals surface area contributed by atoms with Crippen LogP contribution in [0.4, 0.5) is 21.9 Å². The van der Waals surface area contributed by atoms with Crippen LogP contribution in [0.3, 0.4) is 0 Å². The third kappa shape index (κ3) is 24.6. The first-order valence-corrected chi connectivity index (χ1v) is 35.9. The van der Waals surface area contributed by atoms with Gasteiger partial charge < -0.3 is 103 Å². The van der Waals surface area contributed by atoms with Gasteiger partial charge in [0.25, 0.3) is 11.8 Å². The quantitative estimate of drug-likeness (QED) is 0.0184. The van der Waals surface area contributed by atoms with Crippen molar-refractivity contribution in [2.45, 2.75) is 116 Å². The molecule has 1 saturated heterocycles. The third-order valence-electron chi connectivity index (χ3n) is 17.8. The minimum absolute atomic E-state index is 0.0135. The lowest BCUT2D eigenvalue weighted by Gasteiger charge is -2.39. The lowest BCUT2D eigenvalue weighted by Crippen LogP contribution is -2.65. The molecule has 588 valence electrons. The van der Waals surface area contributed by atoms with Gasteiger partial charge in [0.2, 0.25) is 29.5 Å². The van der Waals surface area contributed by atoms with Crippen LogP contribution in [0.25, 0.3) is 0 Å². The fourth-order valence-corrected chi connectivity index (χ4v) is 12.0. The van der Waals surface area contributed by atoms with Crippen LogP contribution in [-0.2, 0) is 73.2 Å².